The van der Waals surface area contributed by atoms with Gasteiger partial charge in [-0.05, 0) is 35.9 Å². The van der Waals surface area contributed by atoms with Gasteiger partial charge < -0.3 is 10.1 Å². The number of halogens is 2. The van der Waals surface area contributed by atoms with Crippen LogP contribution in [0.5, 0.6) is 5.75 Å². The van der Waals surface area contributed by atoms with Crippen LogP contribution in [0.3, 0.4) is 0 Å². The third-order valence-corrected chi connectivity index (χ3v) is 3.41. The van der Waals surface area contributed by atoms with E-state index in [0.29, 0.717) is 12.2 Å². The summed E-state index contributed by atoms with van der Waals surface area (Å²) >= 11 is 0. The molecule has 1 heterocycles. The molecule has 0 unspecified atom stereocenters. The molecule has 0 amide bonds. The minimum Gasteiger partial charge on any atom is -0.497 e. The van der Waals surface area contributed by atoms with E-state index in [9.17, 15) is 8.78 Å². The van der Waals surface area contributed by atoms with E-state index in [4.69, 9.17) is 4.74 Å². The van der Waals surface area contributed by atoms with Crippen molar-refractivity contribution in [3.63, 3.8) is 0 Å². The van der Waals surface area contributed by atoms with Gasteiger partial charge in [-0.2, -0.15) is 0 Å². The van der Waals surface area contributed by atoms with Crippen LogP contribution in [0.4, 0.5) is 14.5 Å². The zero-order valence-corrected chi connectivity index (χ0v) is 11.9. The van der Waals surface area contributed by atoms with Crippen molar-refractivity contribution >= 4 is 16.6 Å². The molecule has 0 saturated carbocycles. The van der Waals surface area contributed by atoms with Gasteiger partial charge in [0.2, 0.25) is 0 Å². The minimum atomic E-state index is -0.540. The highest BCUT2D eigenvalue weighted by Gasteiger charge is 2.11. The van der Waals surface area contributed by atoms with Gasteiger partial charge in [0.15, 0.2) is 0 Å². The first-order chi connectivity index (χ1) is 10.7. The van der Waals surface area contributed by atoms with Crippen molar-refractivity contribution in [3.8, 4) is 5.75 Å². The van der Waals surface area contributed by atoms with E-state index in [1.165, 1.54) is 6.20 Å². The topological polar surface area (TPSA) is 34.1 Å². The molecule has 0 aliphatic rings. The Bertz CT molecular complexity index is 821. The van der Waals surface area contributed by atoms with Gasteiger partial charge in [-0.3, -0.25) is 4.98 Å². The molecular formula is C17H14F2N2O. The van der Waals surface area contributed by atoms with Gasteiger partial charge in [0, 0.05) is 18.4 Å². The van der Waals surface area contributed by atoms with Gasteiger partial charge in [0.1, 0.15) is 22.9 Å². The van der Waals surface area contributed by atoms with E-state index in [-0.39, 0.29) is 10.9 Å². The number of methoxy groups -OCH3 is 1. The molecule has 3 rings (SSSR count). The van der Waals surface area contributed by atoms with E-state index >= 15 is 0 Å². The molecule has 22 heavy (non-hydrogen) atoms. The molecule has 2 aromatic carbocycles. The van der Waals surface area contributed by atoms with Crippen LogP contribution in [0.25, 0.3) is 10.9 Å². The van der Waals surface area contributed by atoms with Gasteiger partial charge in [0.25, 0.3) is 0 Å². The highest BCUT2D eigenvalue weighted by atomic mass is 19.1. The number of pyridine rings is 1. The van der Waals surface area contributed by atoms with Crippen LogP contribution in [-0.2, 0) is 6.54 Å². The fourth-order valence-electron chi connectivity index (χ4n) is 2.32. The summed E-state index contributed by atoms with van der Waals surface area (Å²) in [6.07, 6.45) is 1.46. The van der Waals surface area contributed by atoms with Crippen molar-refractivity contribution < 1.29 is 13.5 Å². The number of hydrogen-bond donors (Lipinski definition) is 1. The Morgan fingerprint density at radius 3 is 2.73 bits per heavy atom. The zero-order chi connectivity index (χ0) is 15.5. The second-order valence-corrected chi connectivity index (χ2v) is 4.82. The van der Waals surface area contributed by atoms with Crippen molar-refractivity contribution in [2.45, 2.75) is 6.54 Å². The minimum absolute atomic E-state index is 0.0237. The van der Waals surface area contributed by atoms with Crippen molar-refractivity contribution in [1.82, 2.24) is 4.98 Å². The fourth-order valence-corrected chi connectivity index (χ4v) is 2.32. The van der Waals surface area contributed by atoms with Crippen LogP contribution < -0.4 is 10.1 Å². The van der Waals surface area contributed by atoms with E-state index < -0.39 is 11.6 Å². The lowest BCUT2D eigenvalue weighted by atomic mass is 10.1. The smallest absolute Gasteiger partial charge is 0.149 e. The third-order valence-electron chi connectivity index (χ3n) is 3.41. The van der Waals surface area contributed by atoms with Crippen molar-refractivity contribution in [1.29, 1.82) is 0 Å². The zero-order valence-electron chi connectivity index (χ0n) is 11.9. The molecule has 0 bridgehead atoms. The van der Waals surface area contributed by atoms with Crippen molar-refractivity contribution in [2.24, 2.45) is 0 Å². The maximum absolute atomic E-state index is 14.0. The quantitative estimate of drug-likeness (QED) is 0.786. The summed E-state index contributed by atoms with van der Waals surface area (Å²) < 4.78 is 32.9. The number of rotatable bonds is 4. The molecule has 0 spiro atoms. The van der Waals surface area contributed by atoms with E-state index in [2.05, 4.69) is 10.3 Å². The largest absolute Gasteiger partial charge is 0.497 e. The number of ether oxygens (including phenoxy) is 1. The Labute approximate surface area is 126 Å². The van der Waals surface area contributed by atoms with E-state index in [0.717, 1.165) is 23.4 Å². The van der Waals surface area contributed by atoms with E-state index in [1.54, 1.807) is 13.2 Å². The molecule has 112 valence electrons. The Balaban J connectivity index is 1.92. The number of benzene rings is 2. The SMILES string of the molecule is COc1cccc(CNc2ccnc3c(F)ccc(F)c23)c1. The van der Waals surface area contributed by atoms with Crippen LogP contribution in [-0.4, -0.2) is 12.1 Å². The standard InChI is InChI=1S/C17H14F2N2O/c1-22-12-4-2-3-11(9-12)10-21-15-7-8-20-17-14(19)6-5-13(18)16(15)17/h2-9H,10H2,1H3,(H,20,21). The first-order valence-corrected chi connectivity index (χ1v) is 6.78. The van der Waals surface area contributed by atoms with Crippen LogP contribution in [0.1, 0.15) is 5.56 Å². The molecule has 0 fully saturated rings. The summed E-state index contributed by atoms with van der Waals surface area (Å²) in [4.78, 5) is 3.91. The average molecular weight is 300 g/mol. The number of anilines is 1. The van der Waals surface area contributed by atoms with Gasteiger partial charge in [-0.15, -0.1) is 0 Å². The summed E-state index contributed by atoms with van der Waals surface area (Å²) in [5, 5.41) is 3.28. The van der Waals surface area contributed by atoms with Crippen molar-refractivity contribution in [3.05, 3.63) is 65.9 Å². The first-order valence-electron chi connectivity index (χ1n) is 6.78. The first kappa shape index (κ1) is 14.3. The molecule has 1 N–H and O–H groups in total. The summed E-state index contributed by atoms with van der Waals surface area (Å²) in [6.45, 7) is 0.465. The lowest BCUT2D eigenvalue weighted by Gasteiger charge is -2.11. The summed E-state index contributed by atoms with van der Waals surface area (Å²) in [6, 6.07) is 11.3. The Morgan fingerprint density at radius 2 is 1.91 bits per heavy atom. The Morgan fingerprint density at radius 1 is 1.09 bits per heavy atom. The maximum atomic E-state index is 14.0. The molecule has 5 heteroatoms. The van der Waals surface area contributed by atoms with Crippen LogP contribution in [0, 0.1) is 11.6 Å². The molecule has 0 aliphatic heterocycles. The number of hydrogen-bond acceptors (Lipinski definition) is 3. The summed E-state index contributed by atoms with van der Waals surface area (Å²) in [5.74, 6) is -0.296. The molecule has 0 saturated heterocycles. The second-order valence-electron chi connectivity index (χ2n) is 4.82. The second kappa shape index (κ2) is 5.97. The lowest BCUT2D eigenvalue weighted by Crippen LogP contribution is -2.02. The molecular weight excluding hydrogens is 286 g/mol. The number of aromatic nitrogens is 1. The molecule has 0 aliphatic carbocycles. The average Bonchev–Trinajstić information content (AvgIpc) is 2.56. The highest BCUT2D eigenvalue weighted by molar-refractivity contribution is 5.91. The predicted octanol–water partition coefficient (Wildman–Crippen LogP) is 4.13. The van der Waals surface area contributed by atoms with E-state index in [1.807, 2.05) is 24.3 Å². The summed E-state index contributed by atoms with van der Waals surface area (Å²) in [5.41, 5.74) is 1.50. The predicted molar refractivity (Wildman–Crippen MR) is 82.0 cm³/mol. The number of fused-ring (bicyclic) bond motifs is 1. The molecule has 0 radical (unpaired) electrons. The maximum Gasteiger partial charge on any atom is 0.149 e. The van der Waals surface area contributed by atoms with Crippen LogP contribution in [0.15, 0.2) is 48.7 Å². The summed E-state index contributed by atoms with van der Waals surface area (Å²) in [7, 11) is 1.60. The normalized spacial score (nSPS) is 10.7. The Kier molecular flexibility index (Phi) is 3.87. The van der Waals surface area contributed by atoms with Crippen molar-refractivity contribution in [2.75, 3.05) is 12.4 Å². The van der Waals surface area contributed by atoms with Crippen LogP contribution in [0.2, 0.25) is 0 Å². The van der Waals surface area contributed by atoms with Crippen LogP contribution >= 0.6 is 0 Å². The Hall–Kier alpha value is -2.69. The highest BCUT2D eigenvalue weighted by Crippen LogP contribution is 2.27. The lowest BCUT2D eigenvalue weighted by molar-refractivity contribution is 0.414. The fraction of sp³-hybridized carbons (Fsp3) is 0.118. The third kappa shape index (κ3) is 2.70. The van der Waals surface area contributed by atoms with Gasteiger partial charge in [-0.25, -0.2) is 8.78 Å². The molecule has 3 aromatic rings. The molecule has 0 atom stereocenters. The van der Waals surface area contributed by atoms with Gasteiger partial charge in [-0.1, -0.05) is 12.1 Å². The van der Waals surface area contributed by atoms with Gasteiger partial charge >= 0.3 is 0 Å². The number of nitrogens with one attached hydrogen (secondary N) is 1. The molecule has 1 aromatic heterocycles. The van der Waals surface area contributed by atoms with Gasteiger partial charge in [0.05, 0.1) is 12.5 Å². The molecule has 3 nitrogen and oxygen atoms in total. The monoisotopic (exact) mass is 300 g/mol. The number of nitrogens with zero attached hydrogens (tertiary/aromatic N) is 1.